The fourth-order valence-corrected chi connectivity index (χ4v) is 1.85. The molecule has 1 aromatic heterocycles. The zero-order chi connectivity index (χ0) is 10.1. The van der Waals surface area contributed by atoms with Crippen molar-refractivity contribution in [3.05, 3.63) is 23.7 Å². The van der Waals surface area contributed by atoms with E-state index in [4.69, 9.17) is 9.52 Å². The summed E-state index contributed by atoms with van der Waals surface area (Å²) in [7, 11) is 0. The van der Waals surface area contributed by atoms with Crippen LogP contribution in [0.25, 0.3) is 0 Å². The molecule has 2 N–H and O–H groups in total. The van der Waals surface area contributed by atoms with Crippen LogP contribution in [0.4, 0.5) is 0 Å². The molecule has 1 aromatic rings. The summed E-state index contributed by atoms with van der Waals surface area (Å²) in [6, 6.07) is 4.66. The predicted molar refractivity (Wildman–Crippen MR) is 54.0 cm³/mol. The van der Waals surface area contributed by atoms with Crippen LogP contribution in [0, 0.1) is 6.92 Å². The minimum absolute atomic E-state index is 0.0990. The van der Waals surface area contributed by atoms with E-state index in [1.165, 1.54) is 0 Å². The number of aliphatic hydroxyl groups is 1. The highest BCUT2D eigenvalue weighted by Gasteiger charge is 2.28. The summed E-state index contributed by atoms with van der Waals surface area (Å²) >= 11 is 0. The molecule has 2 rings (SSSR count). The quantitative estimate of drug-likeness (QED) is 0.772. The van der Waals surface area contributed by atoms with E-state index in [9.17, 15) is 0 Å². The van der Waals surface area contributed by atoms with Crippen LogP contribution in [0.1, 0.15) is 37.3 Å². The van der Waals surface area contributed by atoms with Gasteiger partial charge in [0.25, 0.3) is 0 Å². The summed E-state index contributed by atoms with van der Waals surface area (Å²) < 4.78 is 5.52. The van der Waals surface area contributed by atoms with Crippen molar-refractivity contribution in [3.8, 4) is 0 Å². The lowest BCUT2D eigenvalue weighted by molar-refractivity contribution is 0.0573. The lowest BCUT2D eigenvalue weighted by Gasteiger charge is -2.34. The van der Waals surface area contributed by atoms with Gasteiger partial charge in [-0.15, -0.1) is 0 Å². The van der Waals surface area contributed by atoms with Gasteiger partial charge in [-0.25, -0.2) is 0 Å². The van der Waals surface area contributed by atoms with E-state index in [1.54, 1.807) is 0 Å². The van der Waals surface area contributed by atoms with Crippen molar-refractivity contribution in [1.82, 2.24) is 5.32 Å². The number of aliphatic hydroxyl groups excluding tert-OH is 1. The van der Waals surface area contributed by atoms with E-state index < -0.39 is 0 Å². The minimum Gasteiger partial charge on any atom is -0.465 e. The molecule has 0 amide bonds. The maximum Gasteiger partial charge on any atom is 0.120 e. The largest absolute Gasteiger partial charge is 0.465 e. The average Bonchev–Trinajstić information content (AvgIpc) is 2.49. The number of hydrogen-bond donors (Lipinski definition) is 2. The fraction of sp³-hybridized carbons (Fsp3) is 0.636. The molecule has 0 radical (unpaired) electrons. The monoisotopic (exact) mass is 195 g/mol. The summed E-state index contributed by atoms with van der Waals surface area (Å²) in [5.41, 5.74) is 0. The number of aryl methyl sites for hydroxylation is 1. The van der Waals surface area contributed by atoms with Crippen LogP contribution in [0.3, 0.4) is 0 Å². The molecule has 0 saturated heterocycles. The first-order chi connectivity index (χ1) is 6.65. The van der Waals surface area contributed by atoms with E-state index >= 15 is 0 Å². The summed E-state index contributed by atoms with van der Waals surface area (Å²) in [6.07, 6.45) is 1.63. The molecule has 1 fully saturated rings. The van der Waals surface area contributed by atoms with E-state index in [0.717, 1.165) is 24.4 Å². The Hall–Kier alpha value is -0.800. The SMILES string of the molecule is Cc1ccc(C(C)NC2CC(O)C2)o1. The Balaban J connectivity index is 1.86. The van der Waals surface area contributed by atoms with Crippen LogP contribution < -0.4 is 5.32 Å². The average molecular weight is 195 g/mol. The third-order valence-corrected chi connectivity index (χ3v) is 2.79. The molecule has 0 aromatic carbocycles. The minimum atomic E-state index is -0.0990. The highest BCUT2D eigenvalue weighted by Crippen LogP contribution is 2.24. The van der Waals surface area contributed by atoms with Crippen LogP contribution in [0.2, 0.25) is 0 Å². The number of hydrogen-bond acceptors (Lipinski definition) is 3. The first-order valence-corrected chi connectivity index (χ1v) is 5.15. The lowest BCUT2D eigenvalue weighted by atomic mass is 9.89. The molecule has 0 bridgehead atoms. The molecular formula is C11H17NO2. The van der Waals surface area contributed by atoms with Gasteiger partial charge in [-0.05, 0) is 38.8 Å². The third-order valence-electron chi connectivity index (χ3n) is 2.79. The smallest absolute Gasteiger partial charge is 0.120 e. The second kappa shape index (κ2) is 3.75. The van der Waals surface area contributed by atoms with Crippen molar-refractivity contribution in [2.24, 2.45) is 0 Å². The molecule has 0 aliphatic heterocycles. The van der Waals surface area contributed by atoms with Gasteiger partial charge < -0.3 is 14.8 Å². The Morgan fingerprint density at radius 2 is 2.21 bits per heavy atom. The van der Waals surface area contributed by atoms with Gasteiger partial charge in [0.05, 0.1) is 12.1 Å². The molecule has 3 nitrogen and oxygen atoms in total. The maximum absolute atomic E-state index is 9.14. The summed E-state index contributed by atoms with van der Waals surface area (Å²) in [5, 5.41) is 12.6. The van der Waals surface area contributed by atoms with Crippen LogP contribution in [-0.4, -0.2) is 17.3 Å². The van der Waals surface area contributed by atoms with Crippen molar-refractivity contribution >= 4 is 0 Å². The van der Waals surface area contributed by atoms with Crippen LogP contribution in [0.15, 0.2) is 16.5 Å². The third kappa shape index (κ3) is 1.99. The summed E-state index contributed by atoms with van der Waals surface area (Å²) in [5.74, 6) is 1.92. The Labute approximate surface area is 84.1 Å². The Bertz CT molecular complexity index is 302. The Morgan fingerprint density at radius 1 is 1.50 bits per heavy atom. The predicted octanol–water partition coefficient (Wildman–Crippen LogP) is 1.76. The van der Waals surface area contributed by atoms with Gasteiger partial charge in [-0.1, -0.05) is 0 Å². The van der Waals surface area contributed by atoms with Crippen molar-refractivity contribution in [1.29, 1.82) is 0 Å². The molecule has 1 atom stereocenters. The molecule has 1 heterocycles. The van der Waals surface area contributed by atoms with Gasteiger partial charge in [0, 0.05) is 6.04 Å². The highest BCUT2D eigenvalue weighted by molar-refractivity contribution is 5.09. The normalized spacial score (nSPS) is 28.5. The van der Waals surface area contributed by atoms with E-state index in [2.05, 4.69) is 12.2 Å². The van der Waals surface area contributed by atoms with Crippen molar-refractivity contribution in [2.45, 2.75) is 44.9 Å². The fourth-order valence-electron chi connectivity index (χ4n) is 1.85. The molecule has 14 heavy (non-hydrogen) atoms. The molecule has 1 unspecified atom stereocenters. The summed E-state index contributed by atoms with van der Waals surface area (Å²) in [4.78, 5) is 0. The zero-order valence-electron chi connectivity index (χ0n) is 8.66. The first kappa shape index (κ1) is 9.74. The molecule has 78 valence electrons. The van der Waals surface area contributed by atoms with Crippen LogP contribution in [0.5, 0.6) is 0 Å². The van der Waals surface area contributed by atoms with Gasteiger partial charge >= 0.3 is 0 Å². The van der Waals surface area contributed by atoms with Gasteiger partial charge in [0.15, 0.2) is 0 Å². The second-order valence-electron chi connectivity index (χ2n) is 4.16. The second-order valence-corrected chi connectivity index (χ2v) is 4.16. The molecule has 1 aliphatic rings. The first-order valence-electron chi connectivity index (χ1n) is 5.15. The molecule has 1 saturated carbocycles. The van der Waals surface area contributed by atoms with Crippen molar-refractivity contribution in [2.75, 3.05) is 0 Å². The summed E-state index contributed by atoms with van der Waals surface area (Å²) in [6.45, 7) is 4.03. The molecule has 1 aliphatic carbocycles. The van der Waals surface area contributed by atoms with E-state index in [-0.39, 0.29) is 12.1 Å². The zero-order valence-corrected chi connectivity index (χ0v) is 8.66. The highest BCUT2D eigenvalue weighted by atomic mass is 16.3. The van der Waals surface area contributed by atoms with Crippen LogP contribution in [-0.2, 0) is 0 Å². The molecular weight excluding hydrogens is 178 g/mol. The number of rotatable bonds is 3. The molecule has 3 heteroatoms. The number of nitrogens with one attached hydrogen (secondary N) is 1. The van der Waals surface area contributed by atoms with Crippen LogP contribution >= 0.6 is 0 Å². The Morgan fingerprint density at radius 3 is 2.71 bits per heavy atom. The van der Waals surface area contributed by atoms with Crippen molar-refractivity contribution < 1.29 is 9.52 Å². The topological polar surface area (TPSA) is 45.4 Å². The van der Waals surface area contributed by atoms with Gasteiger partial charge in [0.2, 0.25) is 0 Å². The maximum atomic E-state index is 9.14. The van der Waals surface area contributed by atoms with Crippen molar-refractivity contribution in [3.63, 3.8) is 0 Å². The van der Waals surface area contributed by atoms with E-state index in [0.29, 0.717) is 6.04 Å². The van der Waals surface area contributed by atoms with Gasteiger partial charge in [-0.2, -0.15) is 0 Å². The molecule has 0 spiro atoms. The Kier molecular flexibility index (Phi) is 2.61. The number of furan rings is 1. The lowest BCUT2D eigenvalue weighted by Crippen LogP contribution is -2.44. The van der Waals surface area contributed by atoms with Gasteiger partial charge in [0.1, 0.15) is 11.5 Å². The van der Waals surface area contributed by atoms with E-state index in [1.807, 2.05) is 19.1 Å². The standard InChI is InChI=1S/C11H17NO2/c1-7-3-4-11(14-7)8(2)12-9-5-10(13)6-9/h3-4,8-10,12-13H,5-6H2,1-2H3. The van der Waals surface area contributed by atoms with Gasteiger partial charge in [-0.3, -0.25) is 0 Å².